The molecule has 0 amide bonds. The van der Waals surface area contributed by atoms with Crippen LogP contribution >= 0.6 is 0 Å². The van der Waals surface area contributed by atoms with E-state index in [0.29, 0.717) is 0 Å². The minimum absolute atomic E-state index is 0.0452. The third-order valence-electron chi connectivity index (χ3n) is 2.69. The molecule has 0 aromatic heterocycles. The number of nitrogens with zero attached hydrogens (tertiary/aromatic N) is 2. The Labute approximate surface area is 112 Å². The highest BCUT2D eigenvalue weighted by Gasteiger charge is 2.34. The van der Waals surface area contributed by atoms with E-state index in [-0.39, 0.29) is 29.5 Å². The molecule has 2 rings (SSSR count). The molecule has 106 valence electrons. The summed E-state index contributed by atoms with van der Waals surface area (Å²) >= 11 is 0. The quantitative estimate of drug-likeness (QED) is 0.334. The zero-order chi connectivity index (χ0) is 14.8. The van der Waals surface area contributed by atoms with Gasteiger partial charge in [-0.25, -0.2) is 0 Å². The number of halogens is 3. The summed E-state index contributed by atoms with van der Waals surface area (Å²) in [5, 5.41) is 14.1. The summed E-state index contributed by atoms with van der Waals surface area (Å²) in [4.78, 5) is 3.98. The van der Waals surface area contributed by atoms with E-state index in [1.807, 2.05) is 0 Å². The van der Waals surface area contributed by atoms with Crippen LogP contribution in [-0.2, 0) is 6.18 Å². The fourth-order valence-corrected chi connectivity index (χ4v) is 1.78. The molecular formula is C12H11F3N4O. The molecule has 0 saturated carbocycles. The first-order chi connectivity index (χ1) is 9.43. The van der Waals surface area contributed by atoms with Crippen LogP contribution in [0.4, 0.5) is 13.2 Å². The third-order valence-corrected chi connectivity index (χ3v) is 2.69. The van der Waals surface area contributed by atoms with E-state index >= 15 is 0 Å². The van der Waals surface area contributed by atoms with Gasteiger partial charge in [-0.05, 0) is 12.1 Å². The number of aliphatic imine (C=N–C) groups is 1. The van der Waals surface area contributed by atoms with Crippen LogP contribution in [0, 0.1) is 0 Å². The summed E-state index contributed by atoms with van der Waals surface area (Å²) in [6, 6.07) is 5.11. The molecule has 1 aromatic carbocycles. The van der Waals surface area contributed by atoms with Crippen LogP contribution in [0.1, 0.15) is 11.1 Å². The van der Waals surface area contributed by atoms with Gasteiger partial charge >= 0.3 is 6.18 Å². The van der Waals surface area contributed by atoms with Gasteiger partial charge in [0.1, 0.15) is 6.67 Å². The molecule has 4 N–H and O–H groups in total. The number of nitrogens with one attached hydrogen (secondary N) is 1. The van der Waals surface area contributed by atoms with Gasteiger partial charge in [-0.3, -0.25) is 4.99 Å². The largest absolute Gasteiger partial charge is 0.417 e. The molecule has 0 aliphatic carbocycles. The lowest BCUT2D eigenvalue weighted by Gasteiger charge is -2.17. The van der Waals surface area contributed by atoms with Crippen LogP contribution in [0.5, 0.6) is 0 Å². The Morgan fingerprint density at radius 2 is 2.05 bits per heavy atom. The number of alkyl halides is 3. The van der Waals surface area contributed by atoms with Crippen LogP contribution in [0.3, 0.4) is 0 Å². The van der Waals surface area contributed by atoms with E-state index in [4.69, 9.17) is 10.9 Å². The Balaban J connectivity index is 2.48. The molecule has 0 atom stereocenters. The Morgan fingerprint density at radius 1 is 1.35 bits per heavy atom. The minimum atomic E-state index is -4.48. The number of hydrogen-bond acceptors (Lipinski definition) is 4. The van der Waals surface area contributed by atoms with Crippen LogP contribution in [-0.4, -0.2) is 23.4 Å². The van der Waals surface area contributed by atoms with E-state index in [2.05, 4.69) is 15.5 Å². The molecule has 1 aliphatic heterocycles. The van der Waals surface area contributed by atoms with Gasteiger partial charge in [0, 0.05) is 5.56 Å². The number of nitrogens with two attached hydrogens (primary N) is 1. The van der Waals surface area contributed by atoms with Crippen molar-refractivity contribution < 1.29 is 18.4 Å². The molecule has 8 heteroatoms. The third kappa shape index (κ3) is 2.73. The average Bonchev–Trinajstić information content (AvgIpc) is 2.45. The lowest BCUT2D eigenvalue weighted by molar-refractivity contribution is -0.137. The molecule has 1 heterocycles. The molecule has 5 nitrogen and oxygen atoms in total. The Kier molecular flexibility index (Phi) is 3.64. The molecule has 20 heavy (non-hydrogen) atoms. The van der Waals surface area contributed by atoms with Crippen LogP contribution in [0.15, 0.2) is 46.2 Å². The van der Waals surface area contributed by atoms with Crippen molar-refractivity contribution in [3.63, 3.8) is 0 Å². The molecule has 0 spiro atoms. The van der Waals surface area contributed by atoms with Crippen molar-refractivity contribution in [2.75, 3.05) is 6.67 Å². The van der Waals surface area contributed by atoms with Crippen molar-refractivity contribution >= 4 is 11.5 Å². The Hall–Kier alpha value is -2.51. The molecule has 1 aliphatic rings. The van der Waals surface area contributed by atoms with E-state index in [1.54, 1.807) is 0 Å². The van der Waals surface area contributed by atoms with Crippen molar-refractivity contribution in [3.8, 4) is 0 Å². The monoisotopic (exact) mass is 284 g/mol. The minimum Gasteiger partial charge on any atom is -0.409 e. The van der Waals surface area contributed by atoms with Crippen molar-refractivity contribution in [2.24, 2.45) is 15.9 Å². The predicted octanol–water partition coefficient (Wildman–Crippen LogP) is 1.69. The first-order valence-corrected chi connectivity index (χ1v) is 5.58. The number of allylic oxidation sites excluding steroid dienone is 1. The molecule has 0 saturated heterocycles. The lowest BCUT2D eigenvalue weighted by Crippen LogP contribution is -2.31. The second-order valence-corrected chi connectivity index (χ2v) is 3.96. The number of hydrogen-bond donors (Lipinski definition) is 3. The highest BCUT2D eigenvalue weighted by atomic mass is 19.4. The highest BCUT2D eigenvalue weighted by molar-refractivity contribution is 6.14. The van der Waals surface area contributed by atoms with Crippen LogP contribution in [0.25, 0.3) is 0 Å². The number of rotatable bonds is 2. The number of amidine groups is 1. The van der Waals surface area contributed by atoms with Crippen molar-refractivity contribution in [2.45, 2.75) is 6.18 Å². The SMILES string of the molecule is N/C(=N\O)C1=CC(c2ccccc2C(F)(F)F)=NCN1. The van der Waals surface area contributed by atoms with Gasteiger partial charge in [0.25, 0.3) is 0 Å². The van der Waals surface area contributed by atoms with Crippen molar-refractivity contribution in [1.82, 2.24) is 5.32 Å². The summed E-state index contributed by atoms with van der Waals surface area (Å²) < 4.78 is 38.8. The lowest BCUT2D eigenvalue weighted by atomic mass is 10.0. The van der Waals surface area contributed by atoms with Gasteiger partial charge in [-0.2, -0.15) is 13.2 Å². The molecule has 0 fully saturated rings. The maximum atomic E-state index is 12.9. The highest BCUT2D eigenvalue weighted by Crippen LogP contribution is 2.32. The summed E-state index contributed by atoms with van der Waals surface area (Å²) in [5.41, 5.74) is 4.91. The summed E-state index contributed by atoms with van der Waals surface area (Å²) in [6.45, 7) is 0.0452. The van der Waals surface area contributed by atoms with Crippen LogP contribution < -0.4 is 11.1 Å². The standard InChI is InChI=1S/C12H11F3N4O/c13-12(14,15)8-4-2-1-3-7(8)9-5-10(11(16)19-20)18-6-17-9/h1-5,18,20H,6H2,(H2,16,19). The average molecular weight is 284 g/mol. The van der Waals surface area contributed by atoms with Gasteiger partial charge in [-0.15, -0.1) is 0 Å². The van der Waals surface area contributed by atoms with Gasteiger partial charge in [0.05, 0.1) is 17.0 Å². The molecule has 0 radical (unpaired) electrons. The van der Waals surface area contributed by atoms with Gasteiger partial charge in [0.2, 0.25) is 0 Å². The summed E-state index contributed by atoms with van der Waals surface area (Å²) in [6.07, 6.45) is -3.17. The molecule has 0 unspecified atom stereocenters. The van der Waals surface area contributed by atoms with Crippen LogP contribution in [0.2, 0.25) is 0 Å². The van der Waals surface area contributed by atoms with Gasteiger partial charge in [-0.1, -0.05) is 23.4 Å². The molecular weight excluding hydrogens is 273 g/mol. The van der Waals surface area contributed by atoms with Gasteiger partial charge in [0.15, 0.2) is 5.84 Å². The molecule has 0 bridgehead atoms. The maximum Gasteiger partial charge on any atom is 0.417 e. The second kappa shape index (κ2) is 5.24. The van der Waals surface area contributed by atoms with E-state index in [1.165, 1.54) is 24.3 Å². The van der Waals surface area contributed by atoms with Crippen molar-refractivity contribution in [3.05, 3.63) is 47.2 Å². The summed E-state index contributed by atoms with van der Waals surface area (Å²) in [7, 11) is 0. The topological polar surface area (TPSA) is 83.0 Å². The maximum absolute atomic E-state index is 12.9. The summed E-state index contributed by atoms with van der Waals surface area (Å²) in [5.74, 6) is -0.220. The van der Waals surface area contributed by atoms with E-state index in [9.17, 15) is 13.2 Å². The number of benzene rings is 1. The fourth-order valence-electron chi connectivity index (χ4n) is 1.78. The Morgan fingerprint density at radius 3 is 2.70 bits per heavy atom. The second-order valence-electron chi connectivity index (χ2n) is 3.96. The molecule has 1 aromatic rings. The number of oxime groups is 1. The van der Waals surface area contributed by atoms with Gasteiger partial charge < -0.3 is 16.3 Å². The normalized spacial score (nSPS) is 16.2. The predicted molar refractivity (Wildman–Crippen MR) is 67.5 cm³/mol. The first kappa shape index (κ1) is 13.9. The van der Waals surface area contributed by atoms with E-state index in [0.717, 1.165) is 6.07 Å². The smallest absolute Gasteiger partial charge is 0.409 e. The zero-order valence-electron chi connectivity index (χ0n) is 10.1. The fraction of sp³-hybridized carbons (Fsp3) is 0.167. The van der Waals surface area contributed by atoms with Crippen molar-refractivity contribution in [1.29, 1.82) is 0 Å². The first-order valence-electron chi connectivity index (χ1n) is 5.58. The Bertz CT molecular complexity index is 605. The zero-order valence-corrected chi connectivity index (χ0v) is 10.1. The van der Waals surface area contributed by atoms with E-state index < -0.39 is 11.7 Å².